The van der Waals surface area contributed by atoms with Crippen molar-refractivity contribution < 1.29 is 13.6 Å². The monoisotopic (exact) mass is 518 g/mol. The number of aromatic nitrogens is 5. The van der Waals surface area contributed by atoms with Gasteiger partial charge >= 0.3 is 0 Å². The Morgan fingerprint density at radius 2 is 1.92 bits per heavy atom. The standard InChI is InChI=1S/C27H28F2N8O/c28-27(29)7-12-36(13-8-27)24(38)14-23-34-22-16-32-26-21(4-9-31-26)25(22)37(23)20-5-10-35(11-6-20)17-19-3-1-2-18(15-30)33-19/h1-4,9,16,20H,5-8,10-14,17H2,(H,31,32). The van der Waals surface area contributed by atoms with Crippen LogP contribution in [0.5, 0.6) is 0 Å². The van der Waals surface area contributed by atoms with E-state index in [2.05, 4.69) is 30.5 Å². The molecule has 2 fully saturated rings. The molecule has 0 spiro atoms. The summed E-state index contributed by atoms with van der Waals surface area (Å²) < 4.78 is 29.5. The highest BCUT2D eigenvalue weighted by molar-refractivity contribution is 6.01. The molecule has 4 aromatic rings. The molecule has 2 aliphatic rings. The van der Waals surface area contributed by atoms with Gasteiger partial charge in [-0.1, -0.05) is 6.07 Å². The molecule has 196 valence electrons. The van der Waals surface area contributed by atoms with Crippen LogP contribution in [0.15, 0.2) is 36.7 Å². The van der Waals surface area contributed by atoms with Crippen LogP contribution in [0.25, 0.3) is 22.1 Å². The maximum absolute atomic E-state index is 13.7. The molecule has 0 aliphatic carbocycles. The molecule has 0 unspecified atom stereocenters. The number of rotatable bonds is 5. The lowest BCUT2D eigenvalue weighted by molar-refractivity contribution is -0.136. The Morgan fingerprint density at radius 1 is 1.13 bits per heavy atom. The van der Waals surface area contributed by atoms with E-state index in [1.54, 1.807) is 12.3 Å². The number of H-pyrrole nitrogens is 1. The number of nitriles is 1. The number of hydrogen-bond donors (Lipinski definition) is 1. The fraction of sp³-hybridized carbons (Fsp3) is 0.444. The van der Waals surface area contributed by atoms with Crippen LogP contribution in [0.2, 0.25) is 0 Å². The lowest BCUT2D eigenvalue weighted by Crippen LogP contribution is -2.43. The van der Waals surface area contributed by atoms with Crippen LogP contribution >= 0.6 is 0 Å². The topological polar surface area (TPSA) is 107 Å². The molecular weight excluding hydrogens is 490 g/mol. The van der Waals surface area contributed by atoms with E-state index < -0.39 is 5.92 Å². The Morgan fingerprint density at radius 3 is 2.68 bits per heavy atom. The molecule has 1 N–H and O–H groups in total. The van der Waals surface area contributed by atoms with E-state index in [1.807, 2.05) is 24.4 Å². The number of imidazole rings is 1. The van der Waals surface area contributed by atoms with Gasteiger partial charge in [0.05, 0.1) is 23.8 Å². The van der Waals surface area contributed by atoms with Gasteiger partial charge in [0.15, 0.2) is 0 Å². The van der Waals surface area contributed by atoms with Gasteiger partial charge in [0.1, 0.15) is 28.8 Å². The minimum absolute atomic E-state index is 0.0646. The molecule has 2 aliphatic heterocycles. The van der Waals surface area contributed by atoms with Gasteiger partial charge < -0.3 is 14.5 Å². The molecule has 9 nitrogen and oxygen atoms in total. The van der Waals surface area contributed by atoms with Gasteiger partial charge in [-0.2, -0.15) is 5.26 Å². The first-order valence-corrected chi connectivity index (χ1v) is 13.0. The van der Waals surface area contributed by atoms with Crippen LogP contribution in [0.1, 0.15) is 48.9 Å². The molecular formula is C27H28F2N8O. The smallest absolute Gasteiger partial charge is 0.251 e. The van der Waals surface area contributed by atoms with Crippen molar-refractivity contribution in [2.75, 3.05) is 26.2 Å². The Labute approximate surface area is 218 Å². The lowest BCUT2D eigenvalue weighted by atomic mass is 10.0. The summed E-state index contributed by atoms with van der Waals surface area (Å²) >= 11 is 0. The Balaban J connectivity index is 1.25. The number of piperidine rings is 2. The van der Waals surface area contributed by atoms with Crippen LogP contribution in [-0.2, 0) is 17.8 Å². The average molecular weight is 519 g/mol. The third kappa shape index (κ3) is 4.72. The molecule has 0 saturated carbocycles. The van der Waals surface area contributed by atoms with E-state index in [1.165, 1.54) is 4.90 Å². The number of fused-ring (bicyclic) bond motifs is 3. The molecule has 0 radical (unpaired) electrons. The highest BCUT2D eigenvalue weighted by Crippen LogP contribution is 2.33. The minimum Gasteiger partial charge on any atom is -0.346 e. The fourth-order valence-corrected chi connectivity index (χ4v) is 5.68. The summed E-state index contributed by atoms with van der Waals surface area (Å²) in [7, 11) is 0. The number of alkyl halides is 2. The number of aromatic amines is 1. The summed E-state index contributed by atoms with van der Waals surface area (Å²) in [5.41, 5.74) is 3.72. The second kappa shape index (κ2) is 9.76. The fourth-order valence-electron chi connectivity index (χ4n) is 5.68. The largest absolute Gasteiger partial charge is 0.346 e. The van der Waals surface area contributed by atoms with Gasteiger partial charge in [-0.05, 0) is 31.0 Å². The zero-order valence-electron chi connectivity index (χ0n) is 20.9. The van der Waals surface area contributed by atoms with E-state index in [4.69, 9.17) is 10.2 Å². The van der Waals surface area contributed by atoms with Crippen molar-refractivity contribution in [3.63, 3.8) is 0 Å². The molecule has 2 saturated heterocycles. The number of hydrogen-bond acceptors (Lipinski definition) is 6. The number of amides is 1. The molecule has 6 heterocycles. The highest BCUT2D eigenvalue weighted by atomic mass is 19.3. The number of likely N-dealkylation sites (tertiary alicyclic amines) is 2. The number of carbonyl (C=O) groups is 1. The lowest BCUT2D eigenvalue weighted by Gasteiger charge is -2.34. The molecule has 38 heavy (non-hydrogen) atoms. The first kappa shape index (κ1) is 24.4. The van der Waals surface area contributed by atoms with Gasteiger partial charge in [-0.25, -0.2) is 23.7 Å². The number of nitrogens with zero attached hydrogens (tertiary/aromatic N) is 7. The Bertz CT molecular complexity index is 1520. The normalized spacial score (nSPS) is 18.7. The molecule has 11 heteroatoms. The molecule has 1 amide bonds. The van der Waals surface area contributed by atoms with Crippen molar-refractivity contribution in [2.45, 2.75) is 50.6 Å². The van der Waals surface area contributed by atoms with Crippen molar-refractivity contribution in [1.29, 1.82) is 5.26 Å². The Hall–Kier alpha value is -3.91. The van der Waals surface area contributed by atoms with Crippen molar-refractivity contribution >= 4 is 28.0 Å². The predicted octanol–water partition coefficient (Wildman–Crippen LogP) is 3.82. The summed E-state index contributed by atoms with van der Waals surface area (Å²) in [6.07, 6.45) is 4.75. The zero-order valence-corrected chi connectivity index (χ0v) is 20.9. The second-order valence-corrected chi connectivity index (χ2v) is 10.2. The SMILES string of the molecule is N#Cc1cccc(CN2CCC(n3c(CC(=O)N4CCC(F)(F)CC4)nc4cnc5[nH]ccc5c43)CC2)n1. The number of nitrogens with one attached hydrogen (secondary N) is 1. The molecule has 0 aromatic carbocycles. The third-order valence-electron chi connectivity index (χ3n) is 7.69. The van der Waals surface area contributed by atoms with E-state index in [0.717, 1.165) is 53.7 Å². The summed E-state index contributed by atoms with van der Waals surface area (Å²) in [6.45, 7) is 2.46. The first-order valence-electron chi connectivity index (χ1n) is 13.0. The quantitative estimate of drug-likeness (QED) is 0.431. The van der Waals surface area contributed by atoms with Crippen LogP contribution in [-0.4, -0.2) is 72.3 Å². The second-order valence-electron chi connectivity index (χ2n) is 10.2. The van der Waals surface area contributed by atoms with E-state index in [0.29, 0.717) is 18.1 Å². The van der Waals surface area contributed by atoms with Gasteiger partial charge in [-0.3, -0.25) is 9.69 Å². The van der Waals surface area contributed by atoms with E-state index in [9.17, 15) is 13.6 Å². The van der Waals surface area contributed by atoms with Gasteiger partial charge in [0, 0.05) is 63.2 Å². The van der Waals surface area contributed by atoms with Crippen LogP contribution < -0.4 is 0 Å². The van der Waals surface area contributed by atoms with Gasteiger partial charge in [-0.15, -0.1) is 0 Å². The van der Waals surface area contributed by atoms with Crippen molar-refractivity contribution in [3.05, 3.63) is 53.9 Å². The zero-order chi connectivity index (χ0) is 26.3. The maximum Gasteiger partial charge on any atom is 0.251 e. The average Bonchev–Trinajstić information content (AvgIpc) is 3.53. The number of pyridine rings is 2. The first-order chi connectivity index (χ1) is 18.4. The van der Waals surface area contributed by atoms with Crippen LogP contribution in [0.3, 0.4) is 0 Å². The molecule has 0 bridgehead atoms. The van der Waals surface area contributed by atoms with E-state index in [-0.39, 0.29) is 44.3 Å². The molecule has 4 aromatic heterocycles. The summed E-state index contributed by atoms with van der Waals surface area (Å²) in [5, 5.41) is 10.1. The minimum atomic E-state index is -2.70. The van der Waals surface area contributed by atoms with Crippen molar-refractivity contribution in [1.82, 2.24) is 34.3 Å². The molecule has 6 rings (SSSR count). The van der Waals surface area contributed by atoms with Crippen molar-refractivity contribution in [3.8, 4) is 6.07 Å². The Kier molecular flexibility index (Phi) is 6.27. The number of carbonyl (C=O) groups excluding carboxylic acids is 1. The van der Waals surface area contributed by atoms with Crippen LogP contribution in [0, 0.1) is 11.3 Å². The highest BCUT2D eigenvalue weighted by Gasteiger charge is 2.36. The third-order valence-corrected chi connectivity index (χ3v) is 7.69. The van der Waals surface area contributed by atoms with Crippen LogP contribution in [0.4, 0.5) is 8.78 Å². The van der Waals surface area contributed by atoms with Gasteiger partial charge in [0.2, 0.25) is 5.91 Å². The summed E-state index contributed by atoms with van der Waals surface area (Å²) in [6, 6.07) is 9.69. The summed E-state index contributed by atoms with van der Waals surface area (Å²) in [4.78, 5) is 33.9. The number of halogens is 2. The van der Waals surface area contributed by atoms with E-state index >= 15 is 0 Å². The molecule has 0 atom stereocenters. The predicted molar refractivity (Wildman–Crippen MR) is 136 cm³/mol. The summed E-state index contributed by atoms with van der Waals surface area (Å²) in [5.74, 6) is -2.22. The van der Waals surface area contributed by atoms with Crippen molar-refractivity contribution in [2.24, 2.45) is 0 Å². The maximum atomic E-state index is 13.7. The van der Waals surface area contributed by atoms with Gasteiger partial charge in [0.25, 0.3) is 5.92 Å².